The Hall–Kier alpha value is -4.06. The number of aromatic nitrogens is 1. The van der Waals surface area contributed by atoms with Crippen LogP contribution in [-0.4, -0.2) is 53.3 Å². The molecule has 2 aromatic carbocycles. The van der Waals surface area contributed by atoms with Gasteiger partial charge in [-0.3, -0.25) is 14.6 Å². The number of pyridine rings is 1. The van der Waals surface area contributed by atoms with Crippen LogP contribution in [0.1, 0.15) is 22.3 Å². The van der Waals surface area contributed by atoms with E-state index in [9.17, 15) is 18.4 Å². The van der Waals surface area contributed by atoms with E-state index in [1.165, 1.54) is 11.8 Å². The molecule has 2 aliphatic heterocycles. The average Bonchev–Trinajstić information content (AvgIpc) is 3.44. The number of fused-ring (bicyclic) bond motifs is 2. The molecule has 1 unspecified atom stereocenters. The van der Waals surface area contributed by atoms with E-state index in [2.05, 4.69) is 21.7 Å². The monoisotopic (exact) mass is 461 g/mol. The van der Waals surface area contributed by atoms with Gasteiger partial charge in [-0.25, -0.2) is 8.78 Å². The lowest BCUT2D eigenvalue weighted by Crippen LogP contribution is -2.43. The van der Waals surface area contributed by atoms with Crippen molar-refractivity contribution in [1.82, 2.24) is 15.2 Å². The first-order chi connectivity index (χ1) is 16.3. The van der Waals surface area contributed by atoms with Crippen LogP contribution in [-0.2, 0) is 11.2 Å². The number of halogens is 2. The number of amides is 2. The Balaban J connectivity index is 1.37. The van der Waals surface area contributed by atoms with Gasteiger partial charge < -0.3 is 15.5 Å². The van der Waals surface area contributed by atoms with E-state index < -0.39 is 43.3 Å². The molecule has 1 saturated heterocycles. The molecule has 0 bridgehead atoms. The molecule has 1 fully saturated rings. The third-order valence-electron chi connectivity index (χ3n) is 6.27. The number of carbonyl (C=O) groups is 2. The second kappa shape index (κ2) is 8.37. The highest BCUT2D eigenvalue weighted by Crippen LogP contribution is 2.32. The van der Waals surface area contributed by atoms with Crippen LogP contribution in [0.25, 0.3) is 22.0 Å². The molecule has 172 valence electrons. The topological polar surface area (TPSA) is 98.1 Å². The Bertz CT molecular complexity index is 1350. The molecule has 2 amide bonds. The van der Waals surface area contributed by atoms with Gasteiger partial charge in [0.2, 0.25) is 5.91 Å². The zero-order valence-electron chi connectivity index (χ0n) is 18.1. The van der Waals surface area contributed by atoms with Crippen molar-refractivity contribution in [2.75, 3.05) is 25.0 Å². The van der Waals surface area contributed by atoms with Gasteiger partial charge >= 0.3 is 0 Å². The maximum Gasteiger partial charge on any atom is 0.268 e. The molecule has 0 aliphatic carbocycles. The largest absolute Gasteiger partial charge is 0.384 e. The summed E-state index contributed by atoms with van der Waals surface area (Å²) < 4.78 is 27.3. The van der Waals surface area contributed by atoms with E-state index in [1.807, 2.05) is 30.3 Å². The number of carbonyl (C=O) groups excluding carboxylic acids is 2. The SMILES string of the molecule is N#CC1CC(F)(F)CN1C(=O)CNC(=O)c1ccnc2ccc(-c3ccc4c(c3)CCN4)cc12. The second-order valence-electron chi connectivity index (χ2n) is 8.55. The lowest BCUT2D eigenvalue weighted by atomic mass is 9.98. The number of nitriles is 1. The molecule has 2 N–H and O–H groups in total. The van der Waals surface area contributed by atoms with Crippen molar-refractivity contribution < 1.29 is 18.4 Å². The van der Waals surface area contributed by atoms with Crippen LogP contribution in [0.15, 0.2) is 48.7 Å². The highest BCUT2D eigenvalue weighted by atomic mass is 19.3. The van der Waals surface area contributed by atoms with Crippen molar-refractivity contribution in [2.24, 2.45) is 0 Å². The number of hydrogen-bond donors (Lipinski definition) is 2. The van der Waals surface area contributed by atoms with Crippen molar-refractivity contribution >= 4 is 28.4 Å². The molecule has 1 aromatic heterocycles. The van der Waals surface area contributed by atoms with Gasteiger partial charge in [-0.05, 0) is 53.4 Å². The molecule has 0 saturated carbocycles. The summed E-state index contributed by atoms with van der Waals surface area (Å²) in [4.78, 5) is 30.5. The van der Waals surface area contributed by atoms with Gasteiger partial charge in [0.15, 0.2) is 0 Å². The number of anilines is 1. The molecule has 1 atom stereocenters. The Morgan fingerprint density at radius 3 is 2.82 bits per heavy atom. The highest BCUT2D eigenvalue weighted by Gasteiger charge is 2.47. The summed E-state index contributed by atoms with van der Waals surface area (Å²) in [6, 6.07) is 13.9. The number of alkyl halides is 2. The summed E-state index contributed by atoms with van der Waals surface area (Å²) in [6.07, 6.45) is 1.77. The Morgan fingerprint density at radius 2 is 2.00 bits per heavy atom. The van der Waals surface area contributed by atoms with E-state index in [0.29, 0.717) is 16.5 Å². The molecule has 0 spiro atoms. The van der Waals surface area contributed by atoms with Crippen LogP contribution in [0.4, 0.5) is 14.5 Å². The van der Waals surface area contributed by atoms with E-state index >= 15 is 0 Å². The van der Waals surface area contributed by atoms with Crippen LogP contribution in [0.3, 0.4) is 0 Å². The average molecular weight is 461 g/mol. The number of benzene rings is 2. The van der Waals surface area contributed by atoms with Crippen LogP contribution >= 0.6 is 0 Å². The molecule has 2 aliphatic rings. The minimum atomic E-state index is -3.11. The fourth-order valence-electron chi connectivity index (χ4n) is 4.56. The van der Waals surface area contributed by atoms with Crippen molar-refractivity contribution in [3.05, 3.63) is 59.8 Å². The first kappa shape index (κ1) is 21.8. The Morgan fingerprint density at radius 1 is 1.21 bits per heavy atom. The van der Waals surface area contributed by atoms with Crippen molar-refractivity contribution in [3.8, 4) is 17.2 Å². The molecule has 5 rings (SSSR count). The van der Waals surface area contributed by atoms with Gasteiger partial charge in [0.1, 0.15) is 6.04 Å². The lowest BCUT2D eigenvalue weighted by Gasteiger charge is -2.19. The quantitative estimate of drug-likeness (QED) is 0.621. The normalized spacial score (nSPS) is 18.3. The number of likely N-dealkylation sites (tertiary alicyclic amines) is 1. The molecule has 3 aromatic rings. The van der Waals surface area contributed by atoms with Crippen molar-refractivity contribution in [2.45, 2.75) is 24.8 Å². The van der Waals surface area contributed by atoms with E-state index in [1.54, 1.807) is 12.1 Å². The van der Waals surface area contributed by atoms with Crippen LogP contribution in [0.5, 0.6) is 0 Å². The Labute approximate surface area is 194 Å². The van der Waals surface area contributed by atoms with Crippen molar-refractivity contribution in [3.63, 3.8) is 0 Å². The number of nitrogens with one attached hydrogen (secondary N) is 2. The minimum Gasteiger partial charge on any atom is -0.384 e. The summed E-state index contributed by atoms with van der Waals surface area (Å²) in [6.45, 7) is -0.389. The molecule has 34 heavy (non-hydrogen) atoms. The molecular weight excluding hydrogens is 440 g/mol. The van der Waals surface area contributed by atoms with E-state index in [-0.39, 0.29) is 0 Å². The molecule has 3 heterocycles. The molecule has 0 radical (unpaired) electrons. The van der Waals surface area contributed by atoms with Crippen molar-refractivity contribution in [1.29, 1.82) is 5.26 Å². The summed E-state index contributed by atoms with van der Waals surface area (Å²) in [5, 5.41) is 15.6. The van der Waals surface area contributed by atoms with Gasteiger partial charge in [0.05, 0.1) is 30.2 Å². The predicted octanol–water partition coefficient (Wildman–Crippen LogP) is 3.36. The van der Waals surface area contributed by atoms with Gasteiger partial charge in [0, 0.05) is 30.2 Å². The van der Waals surface area contributed by atoms with Gasteiger partial charge in [-0.1, -0.05) is 12.1 Å². The number of nitrogens with zero attached hydrogens (tertiary/aromatic N) is 3. The standard InChI is InChI=1S/C25H21F2N5O2/c26-25(27)11-18(12-28)32(14-25)23(33)13-31-24(34)19-6-8-30-22-4-2-16(10-20(19)22)15-1-3-21-17(9-15)5-7-29-21/h1-4,6,8-10,18,29H,5,7,11,13-14H2,(H,31,34). The zero-order valence-corrected chi connectivity index (χ0v) is 18.1. The van der Waals surface area contributed by atoms with E-state index in [4.69, 9.17) is 5.26 Å². The summed E-state index contributed by atoms with van der Waals surface area (Å²) in [5.74, 6) is -4.34. The fourth-order valence-corrected chi connectivity index (χ4v) is 4.56. The third kappa shape index (κ3) is 4.03. The third-order valence-corrected chi connectivity index (χ3v) is 6.27. The van der Waals surface area contributed by atoms with Crippen LogP contribution in [0, 0.1) is 11.3 Å². The second-order valence-corrected chi connectivity index (χ2v) is 8.55. The first-order valence-corrected chi connectivity index (χ1v) is 11.0. The van der Waals surface area contributed by atoms with Gasteiger partial charge in [0.25, 0.3) is 11.8 Å². The molecular formula is C25H21F2N5O2. The highest BCUT2D eigenvalue weighted by molar-refractivity contribution is 6.07. The molecule has 7 nitrogen and oxygen atoms in total. The lowest BCUT2D eigenvalue weighted by molar-refractivity contribution is -0.131. The maximum absolute atomic E-state index is 13.6. The van der Waals surface area contributed by atoms with Gasteiger partial charge in [-0.2, -0.15) is 5.26 Å². The van der Waals surface area contributed by atoms with Crippen LogP contribution < -0.4 is 10.6 Å². The van der Waals surface area contributed by atoms with E-state index in [0.717, 1.165) is 34.7 Å². The number of rotatable bonds is 4. The summed E-state index contributed by atoms with van der Waals surface area (Å²) in [7, 11) is 0. The minimum absolute atomic E-state index is 0.325. The zero-order chi connectivity index (χ0) is 23.9. The predicted molar refractivity (Wildman–Crippen MR) is 122 cm³/mol. The maximum atomic E-state index is 13.6. The van der Waals surface area contributed by atoms with Gasteiger partial charge in [-0.15, -0.1) is 0 Å². The first-order valence-electron chi connectivity index (χ1n) is 11.0. The molecule has 9 heteroatoms. The smallest absolute Gasteiger partial charge is 0.268 e. The fraction of sp³-hybridized carbons (Fsp3) is 0.280. The summed E-state index contributed by atoms with van der Waals surface area (Å²) in [5.41, 5.74) is 5.26. The Kier molecular flexibility index (Phi) is 5.36. The van der Waals surface area contributed by atoms with Crippen LogP contribution in [0.2, 0.25) is 0 Å². The number of hydrogen-bond acceptors (Lipinski definition) is 5. The summed E-state index contributed by atoms with van der Waals surface area (Å²) >= 11 is 0.